The molecule has 0 saturated heterocycles. The molecule has 2 rings (SSSR count). The molecule has 0 unspecified atom stereocenters. The Kier molecular flexibility index (Phi) is 4.49. The summed E-state index contributed by atoms with van der Waals surface area (Å²) in [6, 6.07) is 7.27. The molecule has 0 aliphatic heterocycles. The molecule has 20 heavy (non-hydrogen) atoms. The highest BCUT2D eigenvalue weighted by atomic mass is 16.5. The van der Waals surface area contributed by atoms with E-state index in [-0.39, 0.29) is 5.84 Å². The lowest BCUT2D eigenvalue weighted by Crippen LogP contribution is -2.13. The molecule has 0 aliphatic carbocycles. The standard InChI is InChI=1S/C14H16N4O2/c1-2-7-19-10-3-5-11(6-4-10)20-13-9-17-12(8-18-13)14(15)16/h3-6,8-9H,2,7H2,1H3,(H3,15,16). The van der Waals surface area contributed by atoms with Gasteiger partial charge in [0.25, 0.3) is 0 Å². The fraction of sp³-hybridized carbons (Fsp3) is 0.214. The lowest BCUT2D eigenvalue weighted by atomic mass is 10.3. The number of nitrogen functional groups attached to an aromatic ring is 1. The molecule has 0 spiro atoms. The first kappa shape index (κ1) is 13.8. The van der Waals surface area contributed by atoms with Crippen molar-refractivity contribution in [2.45, 2.75) is 13.3 Å². The van der Waals surface area contributed by atoms with Crippen LogP contribution in [0.2, 0.25) is 0 Å². The van der Waals surface area contributed by atoms with Crippen LogP contribution in [-0.2, 0) is 0 Å². The van der Waals surface area contributed by atoms with Crippen molar-refractivity contribution in [3.8, 4) is 17.4 Å². The van der Waals surface area contributed by atoms with Gasteiger partial charge in [0.05, 0.1) is 19.0 Å². The van der Waals surface area contributed by atoms with Crippen molar-refractivity contribution in [2.75, 3.05) is 6.61 Å². The van der Waals surface area contributed by atoms with Crippen molar-refractivity contribution in [1.82, 2.24) is 9.97 Å². The molecule has 1 aromatic heterocycles. The Bertz CT molecular complexity index is 567. The fourth-order valence-electron chi connectivity index (χ4n) is 1.45. The topological polar surface area (TPSA) is 94.1 Å². The van der Waals surface area contributed by atoms with Gasteiger partial charge in [-0.2, -0.15) is 0 Å². The molecule has 0 saturated carbocycles. The van der Waals surface area contributed by atoms with E-state index in [2.05, 4.69) is 16.9 Å². The van der Waals surface area contributed by atoms with Gasteiger partial charge in [0.1, 0.15) is 23.0 Å². The minimum atomic E-state index is -0.124. The van der Waals surface area contributed by atoms with Crippen LogP contribution in [0.15, 0.2) is 36.7 Å². The summed E-state index contributed by atoms with van der Waals surface area (Å²) in [6.45, 7) is 2.75. The predicted octanol–water partition coefficient (Wildman–Crippen LogP) is 2.34. The summed E-state index contributed by atoms with van der Waals surface area (Å²) in [5.41, 5.74) is 5.62. The van der Waals surface area contributed by atoms with Gasteiger partial charge in [-0.25, -0.2) is 9.97 Å². The van der Waals surface area contributed by atoms with E-state index in [0.29, 0.717) is 23.9 Å². The van der Waals surface area contributed by atoms with Crippen LogP contribution >= 0.6 is 0 Å². The van der Waals surface area contributed by atoms with Crippen molar-refractivity contribution in [3.05, 3.63) is 42.4 Å². The van der Waals surface area contributed by atoms with E-state index >= 15 is 0 Å². The Morgan fingerprint density at radius 1 is 1.15 bits per heavy atom. The van der Waals surface area contributed by atoms with E-state index < -0.39 is 0 Å². The highest BCUT2D eigenvalue weighted by Crippen LogP contribution is 2.22. The van der Waals surface area contributed by atoms with Crippen LogP contribution in [0.25, 0.3) is 0 Å². The number of nitrogens with zero attached hydrogens (tertiary/aromatic N) is 2. The van der Waals surface area contributed by atoms with Gasteiger partial charge in [0, 0.05) is 0 Å². The molecule has 3 N–H and O–H groups in total. The zero-order valence-corrected chi connectivity index (χ0v) is 11.2. The Morgan fingerprint density at radius 3 is 2.40 bits per heavy atom. The number of ether oxygens (including phenoxy) is 2. The van der Waals surface area contributed by atoms with Crippen LogP contribution in [0, 0.1) is 5.41 Å². The van der Waals surface area contributed by atoms with Crippen LogP contribution < -0.4 is 15.2 Å². The molecular formula is C14H16N4O2. The maximum Gasteiger partial charge on any atom is 0.237 e. The number of benzene rings is 1. The lowest BCUT2D eigenvalue weighted by molar-refractivity contribution is 0.317. The molecular weight excluding hydrogens is 256 g/mol. The van der Waals surface area contributed by atoms with Crippen molar-refractivity contribution in [1.29, 1.82) is 5.41 Å². The molecule has 1 aromatic carbocycles. The van der Waals surface area contributed by atoms with Gasteiger partial charge in [-0.15, -0.1) is 0 Å². The zero-order valence-electron chi connectivity index (χ0n) is 11.2. The smallest absolute Gasteiger partial charge is 0.237 e. The van der Waals surface area contributed by atoms with E-state index in [9.17, 15) is 0 Å². The second kappa shape index (κ2) is 6.51. The van der Waals surface area contributed by atoms with E-state index in [0.717, 1.165) is 12.2 Å². The molecule has 0 bridgehead atoms. The van der Waals surface area contributed by atoms with Crippen molar-refractivity contribution in [3.63, 3.8) is 0 Å². The van der Waals surface area contributed by atoms with Gasteiger partial charge in [-0.1, -0.05) is 6.92 Å². The molecule has 0 radical (unpaired) electrons. The maximum absolute atomic E-state index is 7.23. The van der Waals surface area contributed by atoms with E-state index in [4.69, 9.17) is 20.6 Å². The molecule has 1 heterocycles. The molecule has 0 amide bonds. The molecule has 2 aromatic rings. The normalized spacial score (nSPS) is 10.1. The van der Waals surface area contributed by atoms with Crippen LogP contribution in [0.3, 0.4) is 0 Å². The summed E-state index contributed by atoms with van der Waals surface area (Å²) in [5, 5.41) is 7.23. The number of hydrogen-bond donors (Lipinski definition) is 2. The van der Waals surface area contributed by atoms with Gasteiger partial charge >= 0.3 is 0 Å². The Morgan fingerprint density at radius 2 is 1.85 bits per heavy atom. The van der Waals surface area contributed by atoms with Crippen molar-refractivity contribution >= 4 is 5.84 Å². The van der Waals surface area contributed by atoms with Crippen LogP contribution in [-0.4, -0.2) is 22.4 Å². The van der Waals surface area contributed by atoms with Crippen LogP contribution in [0.4, 0.5) is 0 Å². The van der Waals surface area contributed by atoms with Crippen LogP contribution in [0.5, 0.6) is 17.4 Å². The molecule has 0 fully saturated rings. The highest BCUT2D eigenvalue weighted by Gasteiger charge is 2.02. The summed E-state index contributed by atoms with van der Waals surface area (Å²) >= 11 is 0. The number of amidine groups is 1. The quantitative estimate of drug-likeness (QED) is 0.621. The zero-order chi connectivity index (χ0) is 14.4. The number of nitrogens with one attached hydrogen (secondary N) is 1. The predicted molar refractivity (Wildman–Crippen MR) is 75.4 cm³/mol. The highest BCUT2D eigenvalue weighted by molar-refractivity contribution is 5.92. The summed E-state index contributed by atoms with van der Waals surface area (Å²) in [7, 11) is 0. The van der Waals surface area contributed by atoms with Gasteiger partial charge in [0.15, 0.2) is 0 Å². The van der Waals surface area contributed by atoms with Crippen LogP contribution in [0.1, 0.15) is 19.0 Å². The third-order valence-corrected chi connectivity index (χ3v) is 2.42. The number of hydrogen-bond acceptors (Lipinski definition) is 5. The summed E-state index contributed by atoms with van der Waals surface area (Å²) in [5.74, 6) is 1.66. The Hall–Kier alpha value is -2.63. The monoisotopic (exact) mass is 272 g/mol. The first-order valence-electron chi connectivity index (χ1n) is 6.26. The molecule has 6 heteroatoms. The molecule has 6 nitrogen and oxygen atoms in total. The van der Waals surface area contributed by atoms with Gasteiger partial charge in [-0.3, -0.25) is 5.41 Å². The Labute approximate surface area is 117 Å². The lowest BCUT2D eigenvalue weighted by Gasteiger charge is -2.07. The largest absolute Gasteiger partial charge is 0.494 e. The molecule has 0 aliphatic rings. The van der Waals surface area contributed by atoms with Gasteiger partial charge in [0.2, 0.25) is 5.88 Å². The first-order valence-corrected chi connectivity index (χ1v) is 6.26. The number of nitrogens with two attached hydrogens (primary N) is 1. The second-order valence-electron chi connectivity index (χ2n) is 4.08. The van der Waals surface area contributed by atoms with E-state index in [1.807, 2.05) is 12.1 Å². The van der Waals surface area contributed by atoms with E-state index in [1.165, 1.54) is 12.4 Å². The second-order valence-corrected chi connectivity index (χ2v) is 4.08. The summed E-state index contributed by atoms with van der Waals surface area (Å²) in [6.07, 6.45) is 3.80. The maximum atomic E-state index is 7.23. The van der Waals surface area contributed by atoms with Gasteiger partial charge in [-0.05, 0) is 30.7 Å². The summed E-state index contributed by atoms with van der Waals surface area (Å²) in [4.78, 5) is 8.00. The minimum absolute atomic E-state index is 0.124. The van der Waals surface area contributed by atoms with Crippen molar-refractivity contribution in [2.24, 2.45) is 5.73 Å². The van der Waals surface area contributed by atoms with Crippen molar-refractivity contribution < 1.29 is 9.47 Å². The third kappa shape index (κ3) is 3.68. The molecule has 104 valence electrons. The number of rotatable bonds is 6. The average Bonchev–Trinajstić information content (AvgIpc) is 2.47. The third-order valence-electron chi connectivity index (χ3n) is 2.42. The molecule has 0 atom stereocenters. The SMILES string of the molecule is CCCOc1ccc(Oc2cnc(C(=N)N)cn2)cc1. The van der Waals surface area contributed by atoms with Gasteiger partial charge < -0.3 is 15.2 Å². The number of aromatic nitrogens is 2. The van der Waals surface area contributed by atoms with E-state index in [1.54, 1.807) is 12.1 Å². The minimum Gasteiger partial charge on any atom is -0.494 e. The summed E-state index contributed by atoms with van der Waals surface area (Å²) < 4.78 is 11.0. The Balaban J connectivity index is 2.00. The fourth-order valence-corrected chi connectivity index (χ4v) is 1.45. The average molecular weight is 272 g/mol. The first-order chi connectivity index (χ1) is 9.69.